The van der Waals surface area contributed by atoms with Crippen LogP contribution >= 0.6 is 23.5 Å². The molecule has 0 bridgehead atoms. The first-order chi connectivity index (χ1) is 13.6. The molecule has 30 heavy (non-hydrogen) atoms. The number of urea groups is 1. The van der Waals surface area contributed by atoms with Crippen molar-refractivity contribution in [2.75, 3.05) is 13.7 Å². The van der Waals surface area contributed by atoms with E-state index in [4.69, 9.17) is 14.5 Å². The van der Waals surface area contributed by atoms with Crippen LogP contribution in [-0.2, 0) is 40.7 Å². The largest absolute Gasteiger partial charge is 0.492 e. The van der Waals surface area contributed by atoms with Gasteiger partial charge < -0.3 is 24.7 Å². The standard InChI is InChI=1S/C10H18N3O14P3/c1-5(14)13(2)10(17)12-4-11-9-8(16)7(15)6(24-9)3-23-30(22)26-28(18,19)25-29(20,21)27-30/h4,6-9,15-16H,3H2,1-2H3,(H,18,19)(H,20,21)(H,11,12,17)/t6-,7?,8+,9-/m1/s1. The third kappa shape index (κ3) is 6.47. The molecule has 0 aromatic carbocycles. The van der Waals surface area contributed by atoms with Crippen molar-refractivity contribution in [3.8, 4) is 0 Å². The number of nitrogens with zero attached hydrogens (tertiary/aromatic N) is 2. The number of amides is 3. The summed E-state index contributed by atoms with van der Waals surface area (Å²) in [5.41, 5.74) is 0. The highest BCUT2D eigenvalue weighted by atomic mass is 31.3. The van der Waals surface area contributed by atoms with Crippen molar-refractivity contribution in [3.05, 3.63) is 0 Å². The van der Waals surface area contributed by atoms with Gasteiger partial charge in [0.2, 0.25) is 5.91 Å². The monoisotopic (exact) mass is 497 g/mol. The van der Waals surface area contributed by atoms with Gasteiger partial charge in [-0.2, -0.15) is 12.9 Å². The molecule has 2 fully saturated rings. The van der Waals surface area contributed by atoms with E-state index >= 15 is 0 Å². The maximum atomic E-state index is 12.1. The van der Waals surface area contributed by atoms with Gasteiger partial charge in [-0.3, -0.25) is 19.5 Å². The molecule has 17 nitrogen and oxygen atoms in total. The van der Waals surface area contributed by atoms with Gasteiger partial charge in [-0.1, -0.05) is 0 Å². The number of imide groups is 1. The number of hydrogen-bond acceptors (Lipinski definition) is 13. The Balaban J connectivity index is 1.95. The molecule has 0 aromatic heterocycles. The lowest BCUT2D eigenvalue weighted by atomic mass is 10.1. The molecule has 2 rings (SSSR count). The number of aliphatic imine (C=N–C) groups is 1. The van der Waals surface area contributed by atoms with Crippen molar-refractivity contribution in [2.24, 2.45) is 4.99 Å². The second kappa shape index (κ2) is 9.20. The SMILES string of the molecule is CC(=O)N(C)C(=O)NC=N[C@@H]1O[C@H](COP2(=O)OP(=O)(O)OP(=O)(O)O2)C(O)[C@@H]1O. The minimum atomic E-state index is -5.24. The summed E-state index contributed by atoms with van der Waals surface area (Å²) in [6.07, 6.45) is -5.43. The van der Waals surface area contributed by atoms with Gasteiger partial charge in [0.25, 0.3) is 0 Å². The Morgan fingerprint density at radius 3 is 2.23 bits per heavy atom. The van der Waals surface area contributed by atoms with Crippen LogP contribution in [0.5, 0.6) is 0 Å². The van der Waals surface area contributed by atoms with Gasteiger partial charge in [0.1, 0.15) is 18.3 Å². The summed E-state index contributed by atoms with van der Waals surface area (Å²) in [5, 5.41) is 22.0. The number of carbonyl (C=O) groups is 2. The van der Waals surface area contributed by atoms with Crippen LogP contribution in [0, 0.1) is 0 Å². The number of ether oxygens (including phenoxy) is 1. The maximum absolute atomic E-state index is 12.1. The van der Waals surface area contributed by atoms with Crippen molar-refractivity contribution in [3.63, 3.8) is 0 Å². The van der Waals surface area contributed by atoms with Gasteiger partial charge in [-0.05, 0) is 0 Å². The van der Waals surface area contributed by atoms with E-state index in [0.717, 1.165) is 18.2 Å². The molecule has 172 valence electrons. The molecule has 0 aliphatic carbocycles. The maximum Gasteiger partial charge on any atom is 0.492 e. The molecule has 2 saturated heterocycles. The molecule has 3 unspecified atom stereocenters. The third-order valence-corrected chi connectivity index (χ3v) is 8.90. The fourth-order valence-electron chi connectivity index (χ4n) is 2.04. The summed E-state index contributed by atoms with van der Waals surface area (Å²) in [4.78, 5) is 45.2. The van der Waals surface area contributed by atoms with Crippen LogP contribution in [0.15, 0.2) is 4.99 Å². The lowest BCUT2D eigenvalue weighted by molar-refractivity contribution is -0.124. The van der Waals surface area contributed by atoms with E-state index in [1.54, 1.807) is 0 Å². The van der Waals surface area contributed by atoms with Gasteiger partial charge in [0, 0.05) is 14.0 Å². The van der Waals surface area contributed by atoms with Crippen molar-refractivity contribution in [2.45, 2.75) is 31.5 Å². The molecular weight excluding hydrogens is 479 g/mol. The zero-order chi connectivity index (χ0) is 22.9. The molecule has 2 aliphatic rings. The Labute approximate surface area is 168 Å². The van der Waals surface area contributed by atoms with E-state index in [-0.39, 0.29) is 0 Å². The molecule has 2 heterocycles. The zero-order valence-corrected chi connectivity index (χ0v) is 17.9. The number of aliphatic hydroxyl groups excluding tert-OH is 2. The van der Waals surface area contributed by atoms with Crippen LogP contribution in [0.1, 0.15) is 6.92 Å². The van der Waals surface area contributed by atoms with Gasteiger partial charge in [0.05, 0.1) is 12.9 Å². The first kappa shape index (κ1) is 25.2. The predicted octanol–water partition coefficient (Wildman–Crippen LogP) is -0.962. The van der Waals surface area contributed by atoms with Crippen LogP contribution < -0.4 is 5.32 Å². The first-order valence-corrected chi connectivity index (χ1v) is 12.2. The quantitative estimate of drug-likeness (QED) is 0.175. The number of rotatable bonds is 5. The highest BCUT2D eigenvalue weighted by Crippen LogP contribution is 2.79. The average Bonchev–Trinajstić information content (AvgIpc) is 2.84. The fraction of sp³-hybridized carbons (Fsp3) is 0.700. The Morgan fingerprint density at radius 2 is 1.70 bits per heavy atom. The van der Waals surface area contributed by atoms with Crippen LogP contribution in [0.25, 0.3) is 0 Å². The normalized spacial score (nSPS) is 41.7. The summed E-state index contributed by atoms with van der Waals surface area (Å²) >= 11 is 0. The highest BCUT2D eigenvalue weighted by molar-refractivity contribution is 7.74. The van der Waals surface area contributed by atoms with Crippen molar-refractivity contribution >= 4 is 41.7 Å². The average molecular weight is 497 g/mol. The van der Waals surface area contributed by atoms with Crippen LogP contribution in [0.2, 0.25) is 0 Å². The first-order valence-electron chi connectivity index (χ1n) is 7.77. The predicted molar refractivity (Wildman–Crippen MR) is 92.6 cm³/mol. The third-order valence-electron chi connectivity index (χ3n) is 3.53. The van der Waals surface area contributed by atoms with E-state index in [0.29, 0.717) is 0 Å². The second-order valence-corrected chi connectivity index (χ2v) is 10.8. The second-order valence-electron chi connectivity index (χ2n) is 5.78. The molecule has 20 heteroatoms. The number of phosphoric acid groups is 3. The van der Waals surface area contributed by atoms with Crippen LogP contribution in [-0.4, -0.2) is 81.4 Å². The van der Waals surface area contributed by atoms with Gasteiger partial charge in [-0.25, -0.2) is 23.5 Å². The van der Waals surface area contributed by atoms with Crippen molar-refractivity contribution in [1.29, 1.82) is 0 Å². The number of hydrogen-bond donors (Lipinski definition) is 5. The Morgan fingerprint density at radius 1 is 1.13 bits per heavy atom. The molecule has 0 spiro atoms. The molecule has 0 saturated carbocycles. The minimum absolute atomic E-state index is 0.557. The number of aliphatic hydroxyl groups is 2. The van der Waals surface area contributed by atoms with Crippen LogP contribution in [0.4, 0.5) is 4.79 Å². The van der Waals surface area contributed by atoms with Gasteiger partial charge in [0.15, 0.2) is 6.23 Å². The van der Waals surface area contributed by atoms with Crippen LogP contribution in [0.3, 0.4) is 0 Å². The fourth-order valence-corrected chi connectivity index (χ4v) is 6.97. The summed E-state index contributed by atoms with van der Waals surface area (Å²) in [6, 6.07) is -0.840. The van der Waals surface area contributed by atoms with E-state index in [1.165, 1.54) is 7.05 Å². The smallest absolute Gasteiger partial charge is 0.387 e. The lowest BCUT2D eigenvalue weighted by Gasteiger charge is -2.27. The Kier molecular flexibility index (Phi) is 7.73. The van der Waals surface area contributed by atoms with E-state index < -0.39 is 66.6 Å². The highest BCUT2D eigenvalue weighted by Gasteiger charge is 2.55. The summed E-state index contributed by atoms with van der Waals surface area (Å²) in [5.74, 6) is -0.557. The van der Waals surface area contributed by atoms with Crippen molar-refractivity contribution < 1.29 is 65.5 Å². The minimum Gasteiger partial charge on any atom is -0.387 e. The van der Waals surface area contributed by atoms with Gasteiger partial charge in [-0.15, -0.1) is 0 Å². The summed E-state index contributed by atoms with van der Waals surface area (Å²) in [6.45, 7) is 0.241. The Bertz CT molecular complexity index is 836. The topological polar surface area (TPSA) is 240 Å². The van der Waals surface area contributed by atoms with E-state index in [1.807, 2.05) is 0 Å². The molecule has 3 amide bonds. The molecule has 2 aliphatic heterocycles. The van der Waals surface area contributed by atoms with Gasteiger partial charge >= 0.3 is 29.5 Å². The molecular formula is C10H18N3O14P3. The molecule has 0 aromatic rings. The summed E-state index contributed by atoms with van der Waals surface area (Å²) in [7, 11) is -14.4. The number of nitrogens with one attached hydrogen (secondary N) is 1. The number of carbonyl (C=O) groups excluding carboxylic acids is 2. The van der Waals surface area contributed by atoms with Crippen molar-refractivity contribution in [1.82, 2.24) is 10.2 Å². The zero-order valence-electron chi connectivity index (χ0n) is 15.2. The molecule has 5 N–H and O–H groups in total. The molecule has 0 radical (unpaired) electrons. The lowest BCUT2D eigenvalue weighted by Crippen LogP contribution is -2.39. The van der Waals surface area contributed by atoms with E-state index in [9.17, 15) is 33.5 Å². The Hall–Kier alpha value is -1.06. The van der Waals surface area contributed by atoms with E-state index in [2.05, 4.69) is 27.8 Å². The summed E-state index contributed by atoms with van der Waals surface area (Å²) < 4.78 is 56.3. The molecule has 6 atom stereocenters.